The van der Waals surface area contributed by atoms with E-state index < -0.39 is 99.4 Å². The Kier molecular flexibility index (Phi) is 10.1. The fourth-order valence-electron chi connectivity index (χ4n) is 9.19. The van der Waals surface area contributed by atoms with E-state index >= 15 is 0 Å². The Hall–Kier alpha value is -3.36. The number of carbonyl (C=O) groups excluding carboxylic acids is 4. The highest BCUT2D eigenvalue weighted by Gasteiger charge is 2.78. The first-order chi connectivity index (χ1) is 23.9. The lowest BCUT2D eigenvalue weighted by atomic mass is 9.44. The zero-order chi connectivity index (χ0) is 39.0. The van der Waals surface area contributed by atoms with Crippen molar-refractivity contribution in [2.75, 3.05) is 13.7 Å². The molecule has 0 spiro atoms. The molecule has 4 unspecified atom stereocenters. The molecule has 52 heavy (non-hydrogen) atoms. The molecule has 4 aliphatic rings. The van der Waals surface area contributed by atoms with Crippen LogP contribution in [0.15, 0.2) is 41.5 Å². The number of ether oxygens (including phenoxy) is 5. The minimum atomic E-state index is -2.17. The van der Waals surface area contributed by atoms with Gasteiger partial charge in [0.05, 0.1) is 29.6 Å². The van der Waals surface area contributed by atoms with Gasteiger partial charge in [-0.1, -0.05) is 39.0 Å². The predicted octanol–water partition coefficient (Wildman–Crippen LogP) is 3.02. The van der Waals surface area contributed by atoms with Gasteiger partial charge < -0.3 is 44.3 Å². The van der Waals surface area contributed by atoms with Gasteiger partial charge in [0.2, 0.25) is 0 Å². The van der Waals surface area contributed by atoms with Gasteiger partial charge in [-0.25, -0.2) is 4.79 Å². The summed E-state index contributed by atoms with van der Waals surface area (Å²) in [6, 6.07) is 8.13. The Morgan fingerprint density at radius 3 is 2.08 bits per heavy atom. The van der Waals surface area contributed by atoms with E-state index in [-0.39, 0.29) is 30.6 Å². The number of aliphatic hydroxyl groups excluding tert-OH is 2. The van der Waals surface area contributed by atoms with Crippen LogP contribution in [-0.4, -0.2) is 106 Å². The molecule has 1 aliphatic heterocycles. The van der Waals surface area contributed by atoms with Gasteiger partial charge in [-0.2, -0.15) is 0 Å². The summed E-state index contributed by atoms with van der Waals surface area (Å²) in [7, 11) is 1.73. The number of hydrogen-bond donors (Lipinski definition) is 4. The Balaban J connectivity index is 1.81. The Morgan fingerprint density at radius 1 is 0.942 bits per heavy atom. The van der Waals surface area contributed by atoms with Gasteiger partial charge in [-0.05, 0) is 64.9 Å². The monoisotopic (exact) mass is 729 g/mol. The van der Waals surface area contributed by atoms with Crippen LogP contribution in [0.25, 0.3) is 0 Å². The molecule has 288 valence electrons. The van der Waals surface area contributed by atoms with E-state index in [1.54, 1.807) is 78.9 Å². The highest BCUT2D eigenvalue weighted by Crippen LogP contribution is 2.65. The summed E-state index contributed by atoms with van der Waals surface area (Å²) in [4.78, 5) is 53.7. The Morgan fingerprint density at radius 2 is 1.56 bits per heavy atom. The lowest BCUT2D eigenvalue weighted by Crippen LogP contribution is -2.82. The smallest absolute Gasteiger partial charge is 0.338 e. The summed E-state index contributed by atoms with van der Waals surface area (Å²) >= 11 is 0. The minimum absolute atomic E-state index is 0.0284. The second-order valence-electron chi connectivity index (χ2n) is 16.9. The molecule has 3 fully saturated rings. The molecule has 0 aromatic heterocycles. The van der Waals surface area contributed by atoms with Gasteiger partial charge in [0, 0.05) is 43.1 Å². The fraction of sp³-hybridized carbons (Fsp3) is 0.692. The standard InChI is InChI=1S/C39H55NO12/c1-20-24(50-33(46)35(6,7)36(8,9)40-11)18-39(47)31(51-32(45)23-15-13-12-14-16-23)29-37(10,30(44)28(43)27(20)34(39,4)5)25(49-21(2)41)17-26-38(29,19-48-26)52-22(3)42/h12-16,24-26,28-31,40,43-44,47H,17-19H2,1-11H3/t24-,25-,26+,28?,29?,30?,31?,37+,38-,39+/m0/s1. The van der Waals surface area contributed by atoms with Crippen LogP contribution in [0.5, 0.6) is 0 Å². The number of fused-ring (bicyclic) bond motifs is 5. The molecular weight excluding hydrogens is 674 g/mol. The number of rotatable bonds is 8. The number of aliphatic hydroxyl groups is 3. The molecule has 1 saturated heterocycles. The van der Waals surface area contributed by atoms with Crippen molar-refractivity contribution in [3.63, 3.8) is 0 Å². The van der Waals surface area contributed by atoms with Crippen molar-refractivity contribution >= 4 is 23.9 Å². The first-order valence-electron chi connectivity index (χ1n) is 17.9. The zero-order valence-electron chi connectivity index (χ0n) is 32.1. The van der Waals surface area contributed by atoms with Crippen LogP contribution in [0.3, 0.4) is 0 Å². The predicted molar refractivity (Wildman–Crippen MR) is 187 cm³/mol. The Labute approximate surface area is 305 Å². The van der Waals surface area contributed by atoms with Crippen molar-refractivity contribution < 1.29 is 58.2 Å². The summed E-state index contributed by atoms with van der Waals surface area (Å²) < 4.78 is 30.6. The van der Waals surface area contributed by atoms with Crippen LogP contribution in [0.1, 0.15) is 92.4 Å². The van der Waals surface area contributed by atoms with Gasteiger partial charge in [0.15, 0.2) is 5.60 Å². The third-order valence-electron chi connectivity index (χ3n) is 13.4. The third-order valence-corrected chi connectivity index (χ3v) is 13.4. The Bertz CT molecular complexity index is 1640. The van der Waals surface area contributed by atoms with Crippen molar-refractivity contribution in [2.24, 2.45) is 22.2 Å². The fourth-order valence-corrected chi connectivity index (χ4v) is 9.19. The summed E-state index contributed by atoms with van der Waals surface area (Å²) in [6.45, 7) is 16.0. The molecule has 2 saturated carbocycles. The number of carbonyl (C=O) groups is 4. The first-order valence-corrected chi connectivity index (χ1v) is 17.9. The van der Waals surface area contributed by atoms with Crippen LogP contribution in [0, 0.1) is 22.2 Å². The molecule has 4 N–H and O–H groups in total. The van der Waals surface area contributed by atoms with E-state index in [1.807, 2.05) is 13.8 Å². The van der Waals surface area contributed by atoms with E-state index in [4.69, 9.17) is 23.7 Å². The van der Waals surface area contributed by atoms with E-state index in [0.29, 0.717) is 5.57 Å². The highest BCUT2D eigenvalue weighted by molar-refractivity contribution is 5.89. The normalized spacial score (nSPS) is 36.8. The van der Waals surface area contributed by atoms with E-state index in [1.165, 1.54) is 13.8 Å². The largest absolute Gasteiger partial charge is 0.462 e. The lowest BCUT2D eigenvalue weighted by molar-refractivity contribution is -0.365. The van der Waals surface area contributed by atoms with Crippen LogP contribution in [0.2, 0.25) is 0 Å². The average molecular weight is 730 g/mol. The summed E-state index contributed by atoms with van der Waals surface area (Å²) in [5, 5.41) is 41.6. The second-order valence-corrected chi connectivity index (χ2v) is 16.9. The number of esters is 4. The van der Waals surface area contributed by atoms with E-state index in [0.717, 1.165) is 0 Å². The lowest BCUT2D eigenvalue weighted by Gasteiger charge is -2.69. The maximum atomic E-state index is 14.2. The van der Waals surface area contributed by atoms with Crippen molar-refractivity contribution in [3.8, 4) is 0 Å². The summed E-state index contributed by atoms with van der Waals surface area (Å²) in [6.07, 6.45) is -8.63. The van der Waals surface area contributed by atoms with Gasteiger partial charge in [0.1, 0.15) is 36.1 Å². The van der Waals surface area contributed by atoms with Gasteiger partial charge >= 0.3 is 23.9 Å². The molecule has 10 atom stereocenters. The second kappa shape index (κ2) is 13.2. The van der Waals surface area contributed by atoms with Gasteiger partial charge in [-0.15, -0.1) is 0 Å². The average Bonchev–Trinajstić information content (AvgIpc) is 3.05. The zero-order valence-corrected chi connectivity index (χ0v) is 32.1. The van der Waals surface area contributed by atoms with Crippen LogP contribution >= 0.6 is 0 Å². The SMILES string of the molecule is CNC(C)(C)C(C)(C)C(=O)O[C@H]1C[C@@]2(O)C(OC(=O)c3ccccc3)C3[C@](C)(C(O)C(O)C(=C1C)C2(C)C)[C@@H](OC(C)=O)C[C@H]1OC[C@@]31OC(C)=O. The first kappa shape index (κ1) is 39.8. The van der Waals surface area contributed by atoms with E-state index in [9.17, 15) is 34.5 Å². The molecule has 1 aromatic carbocycles. The topological polar surface area (TPSA) is 187 Å². The van der Waals surface area contributed by atoms with Crippen LogP contribution < -0.4 is 5.32 Å². The maximum Gasteiger partial charge on any atom is 0.338 e. The molecule has 2 bridgehead atoms. The number of hydrogen-bond acceptors (Lipinski definition) is 13. The summed E-state index contributed by atoms with van der Waals surface area (Å²) in [5.41, 5.74) is -8.04. The molecule has 3 aliphatic carbocycles. The maximum absolute atomic E-state index is 14.2. The molecule has 1 aromatic rings. The number of nitrogens with one attached hydrogen (secondary N) is 1. The third kappa shape index (κ3) is 5.78. The molecule has 0 radical (unpaired) electrons. The van der Waals surface area contributed by atoms with Crippen molar-refractivity contribution in [3.05, 3.63) is 47.0 Å². The van der Waals surface area contributed by atoms with E-state index in [2.05, 4.69) is 5.32 Å². The quantitative estimate of drug-likeness (QED) is 0.174. The van der Waals surface area contributed by atoms with Crippen LogP contribution in [-0.2, 0) is 38.1 Å². The molecular formula is C39H55NO12. The van der Waals surface area contributed by atoms with Crippen molar-refractivity contribution in [1.29, 1.82) is 0 Å². The molecule has 13 heteroatoms. The minimum Gasteiger partial charge on any atom is -0.462 e. The molecule has 0 amide bonds. The number of benzene rings is 1. The molecule has 13 nitrogen and oxygen atoms in total. The molecule has 5 rings (SSSR count). The van der Waals surface area contributed by atoms with Gasteiger partial charge in [0.25, 0.3) is 0 Å². The summed E-state index contributed by atoms with van der Waals surface area (Å²) in [5.74, 6) is -4.13. The molecule has 1 heterocycles. The van der Waals surface area contributed by atoms with Crippen molar-refractivity contribution in [2.45, 2.75) is 135 Å². The van der Waals surface area contributed by atoms with Crippen molar-refractivity contribution in [1.82, 2.24) is 5.32 Å². The highest BCUT2D eigenvalue weighted by atomic mass is 16.6. The van der Waals surface area contributed by atoms with Gasteiger partial charge in [-0.3, -0.25) is 14.4 Å². The van der Waals surface area contributed by atoms with Crippen LogP contribution in [0.4, 0.5) is 0 Å².